The lowest BCUT2D eigenvalue weighted by Crippen LogP contribution is -2.48. The Bertz CT molecular complexity index is 465. The number of nitrogens with zero attached hydrogens (tertiary/aromatic N) is 3. The van der Waals surface area contributed by atoms with Crippen molar-refractivity contribution >= 4 is 29.2 Å². The molecule has 1 fully saturated rings. The molecule has 1 aromatic rings. The molecular weight excluding hydrogens is 244 g/mol. The Morgan fingerprint density at radius 3 is 2.94 bits per heavy atom. The quantitative estimate of drug-likeness (QED) is 0.621. The molecule has 0 spiro atoms. The van der Waals surface area contributed by atoms with E-state index < -0.39 is 6.04 Å². The maximum atomic E-state index is 11.8. The maximum Gasteiger partial charge on any atom is 0.251 e. The Labute approximate surface area is 103 Å². The monoisotopic (exact) mass is 254 g/mol. The molecule has 0 saturated carbocycles. The van der Waals surface area contributed by atoms with Crippen LogP contribution in [0.15, 0.2) is 12.4 Å². The van der Waals surface area contributed by atoms with E-state index in [1.807, 2.05) is 0 Å². The van der Waals surface area contributed by atoms with Crippen molar-refractivity contribution in [2.24, 2.45) is 0 Å². The van der Waals surface area contributed by atoms with E-state index in [-0.39, 0.29) is 11.8 Å². The van der Waals surface area contributed by atoms with Gasteiger partial charge in [-0.15, -0.1) is 0 Å². The van der Waals surface area contributed by atoms with Gasteiger partial charge in [-0.1, -0.05) is 11.6 Å². The summed E-state index contributed by atoms with van der Waals surface area (Å²) in [5.41, 5.74) is 0. The predicted octanol–water partition coefficient (Wildman–Crippen LogP) is 0.689. The van der Waals surface area contributed by atoms with E-state index in [9.17, 15) is 9.59 Å². The number of hydrogen-bond acceptors (Lipinski definition) is 5. The second kappa shape index (κ2) is 4.67. The average molecular weight is 255 g/mol. The van der Waals surface area contributed by atoms with Gasteiger partial charge in [0.2, 0.25) is 5.91 Å². The Hall–Kier alpha value is -1.69. The highest BCUT2D eigenvalue weighted by Gasteiger charge is 2.31. The van der Waals surface area contributed by atoms with Gasteiger partial charge in [-0.2, -0.15) is 0 Å². The molecule has 0 radical (unpaired) electrons. The first-order valence-corrected chi connectivity index (χ1v) is 5.50. The van der Waals surface area contributed by atoms with Crippen LogP contribution in [0.1, 0.15) is 12.8 Å². The minimum Gasteiger partial charge on any atom is -0.358 e. The molecule has 90 valence electrons. The molecule has 0 bridgehead atoms. The number of carbonyl (C=O) groups excluding carboxylic acids is 2. The first-order valence-electron chi connectivity index (χ1n) is 5.12. The van der Waals surface area contributed by atoms with Gasteiger partial charge in [0, 0.05) is 19.5 Å². The van der Waals surface area contributed by atoms with E-state index in [0.717, 1.165) is 4.90 Å². The minimum absolute atomic E-state index is 0.159. The van der Waals surface area contributed by atoms with Crippen molar-refractivity contribution in [2.45, 2.75) is 18.9 Å². The predicted molar refractivity (Wildman–Crippen MR) is 61.5 cm³/mol. The second-order valence-electron chi connectivity index (χ2n) is 3.75. The molecule has 1 aliphatic heterocycles. The molecule has 6 nitrogen and oxygen atoms in total. The molecule has 0 aliphatic carbocycles. The van der Waals surface area contributed by atoms with Crippen LogP contribution in [-0.4, -0.2) is 39.8 Å². The number of nitrogens with one attached hydrogen (secondary N) is 1. The Morgan fingerprint density at radius 1 is 1.47 bits per heavy atom. The molecule has 1 saturated heterocycles. The van der Waals surface area contributed by atoms with Crippen molar-refractivity contribution in [1.29, 1.82) is 0 Å². The van der Waals surface area contributed by atoms with Gasteiger partial charge < -0.3 is 5.32 Å². The molecule has 1 aromatic heterocycles. The van der Waals surface area contributed by atoms with Gasteiger partial charge in [-0.05, 0) is 6.42 Å². The number of rotatable bonds is 2. The number of hydrogen-bond donors (Lipinski definition) is 1. The zero-order chi connectivity index (χ0) is 12.4. The van der Waals surface area contributed by atoms with E-state index >= 15 is 0 Å². The highest BCUT2D eigenvalue weighted by molar-refractivity contribution is 6.29. The van der Waals surface area contributed by atoms with E-state index in [1.54, 1.807) is 0 Å². The zero-order valence-corrected chi connectivity index (χ0v) is 9.94. The van der Waals surface area contributed by atoms with Gasteiger partial charge in [-0.25, -0.2) is 9.97 Å². The fraction of sp³-hybridized carbons (Fsp3) is 0.400. The standard InChI is InChI=1S/C10H11ClN4O2/c1-15-9(16)3-2-6(10(15)17)14-8-4-7(11)12-5-13-8/h4-6H,2-3H2,1H3,(H,12,13,14). The number of imide groups is 1. The van der Waals surface area contributed by atoms with Crippen LogP contribution < -0.4 is 5.32 Å². The van der Waals surface area contributed by atoms with Gasteiger partial charge >= 0.3 is 0 Å². The highest BCUT2D eigenvalue weighted by Crippen LogP contribution is 2.17. The van der Waals surface area contributed by atoms with Crippen molar-refractivity contribution in [3.8, 4) is 0 Å². The number of piperidine rings is 1. The molecule has 17 heavy (non-hydrogen) atoms. The molecule has 7 heteroatoms. The van der Waals surface area contributed by atoms with E-state index in [1.165, 1.54) is 19.4 Å². The summed E-state index contributed by atoms with van der Waals surface area (Å²) in [4.78, 5) is 31.9. The van der Waals surface area contributed by atoms with Crippen LogP contribution in [0, 0.1) is 0 Å². The van der Waals surface area contributed by atoms with E-state index in [0.29, 0.717) is 23.8 Å². The molecule has 0 aromatic carbocycles. The third-order valence-electron chi connectivity index (χ3n) is 2.61. The summed E-state index contributed by atoms with van der Waals surface area (Å²) in [5, 5.41) is 3.24. The fourth-order valence-electron chi connectivity index (χ4n) is 1.64. The molecule has 1 unspecified atom stereocenters. The highest BCUT2D eigenvalue weighted by atomic mass is 35.5. The molecular formula is C10H11ClN4O2. The first-order chi connectivity index (χ1) is 8.08. The Morgan fingerprint density at radius 2 is 2.24 bits per heavy atom. The summed E-state index contributed by atoms with van der Waals surface area (Å²) in [6.45, 7) is 0. The average Bonchev–Trinajstić information content (AvgIpc) is 2.30. The van der Waals surface area contributed by atoms with Crippen LogP contribution in [0.3, 0.4) is 0 Å². The van der Waals surface area contributed by atoms with Crippen molar-refractivity contribution < 1.29 is 9.59 Å². The summed E-state index contributed by atoms with van der Waals surface area (Å²) in [6, 6.07) is 1.09. The maximum absolute atomic E-state index is 11.8. The van der Waals surface area contributed by atoms with Crippen LogP contribution in [0.25, 0.3) is 0 Å². The van der Waals surface area contributed by atoms with Gasteiger partial charge in [0.05, 0.1) is 0 Å². The fourth-order valence-corrected chi connectivity index (χ4v) is 1.79. The van der Waals surface area contributed by atoms with Crippen molar-refractivity contribution in [3.05, 3.63) is 17.5 Å². The molecule has 2 rings (SSSR count). The number of likely N-dealkylation sites (N-methyl/N-ethyl adjacent to an activating group) is 1. The number of anilines is 1. The molecule has 2 amide bonds. The molecule has 1 atom stereocenters. The third kappa shape index (κ3) is 2.52. The summed E-state index contributed by atoms with van der Waals surface area (Å²) < 4.78 is 0. The molecule has 2 heterocycles. The lowest BCUT2D eigenvalue weighted by atomic mass is 10.0. The summed E-state index contributed by atoms with van der Waals surface area (Å²) in [5.74, 6) is 0.0656. The SMILES string of the molecule is CN1C(=O)CCC(Nc2cc(Cl)ncn2)C1=O. The number of aromatic nitrogens is 2. The van der Waals surface area contributed by atoms with Crippen molar-refractivity contribution in [2.75, 3.05) is 12.4 Å². The lowest BCUT2D eigenvalue weighted by Gasteiger charge is -2.28. The van der Waals surface area contributed by atoms with Crippen molar-refractivity contribution in [3.63, 3.8) is 0 Å². The van der Waals surface area contributed by atoms with Gasteiger partial charge in [0.1, 0.15) is 23.3 Å². The smallest absolute Gasteiger partial charge is 0.251 e. The van der Waals surface area contributed by atoms with Crippen LogP contribution in [-0.2, 0) is 9.59 Å². The largest absolute Gasteiger partial charge is 0.358 e. The Kier molecular flexibility index (Phi) is 3.23. The topological polar surface area (TPSA) is 75.2 Å². The summed E-state index contributed by atoms with van der Waals surface area (Å²) >= 11 is 5.71. The third-order valence-corrected chi connectivity index (χ3v) is 2.81. The number of halogens is 1. The van der Waals surface area contributed by atoms with E-state index in [4.69, 9.17) is 11.6 Å². The normalized spacial score (nSPS) is 20.6. The summed E-state index contributed by atoms with van der Waals surface area (Å²) in [6.07, 6.45) is 2.12. The second-order valence-corrected chi connectivity index (χ2v) is 4.14. The first kappa shape index (κ1) is 11.8. The van der Waals surface area contributed by atoms with Gasteiger partial charge in [0.15, 0.2) is 0 Å². The van der Waals surface area contributed by atoms with Crippen LogP contribution in [0.4, 0.5) is 5.82 Å². The molecule has 1 aliphatic rings. The minimum atomic E-state index is -0.441. The number of carbonyl (C=O) groups is 2. The zero-order valence-electron chi connectivity index (χ0n) is 9.18. The Balaban J connectivity index is 2.09. The number of amides is 2. The molecule has 1 N–H and O–H groups in total. The van der Waals surface area contributed by atoms with Crippen LogP contribution in [0.2, 0.25) is 5.15 Å². The van der Waals surface area contributed by atoms with E-state index in [2.05, 4.69) is 15.3 Å². The van der Waals surface area contributed by atoms with Crippen LogP contribution >= 0.6 is 11.6 Å². The lowest BCUT2D eigenvalue weighted by molar-refractivity contribution is -0.146. The number of likely N-dealkylation sites (tertiary alicyclic amines) is 1. The summed E-state index contributed by atoms with van der Waals surface area (Å²) in [7, 11) is 1.48. The van der Waals surface area contributed by atoms with Gasteiger partial charge in [0.25, 0.3) is 5.91 Å². The van der Waals surface area contributed by atoms with Crippen molar-refractivity contribution in [1.82, 2.24) is 14.9 Å². The van der Waals surface area contributed by atoms with Gasteiger partial charge in [-0.3, -0.25) is 14.5 Å². The van der Waals surface area contributed by atoms with Crippen LogP contribution in [0.5, 0.6) is 0 Å².